The summed E-state index contributed by atoms with van der Waals surface area (Å²) in [5, 5.41) is 0. The van der Waals surface area contributed by atoms with Crippen molar-refractivity contribution in [2.45, 2.75) is 6.61 Å². The molecular formula is C14H10F2O2. The summed E-state index contributed by atoms with van der Waals surface area (Å²) < 4.78 is 31.3. The molecule has 0 aliphatic carbocycles. The van der Waals surface area contributed by atoms with Crippen LogP contribution in [0.3, 0.4) is 0 Å². The van der Waals surface area contributed by atoms with E-state index in [1.54, 1.807) is 12.1 Å². The van der Waals surface area contributed by atoms with E-state index in [0.717, 1.165) is 11.6 Å². The first-order chi connectivity index (χ1) is 8.69. The van der Waals surface area contributed by atoms with E-state index >= 15 is 0 Å². The second-order valence-electron chi connectivity index (χ2n) is 3.72. The number of ether oxygens (including phenoxy) is 1. The summed E-state index contributed by atoms with van der Waals surface area (Å²) in [6, 6.07) is 9.84. The highest BCUT2D eigenvalue weighted by molar-refractivity contribution is 5.75. The summed E-state index contributed by atoms with van der Waals surface area (Å²) in [6.07, 6.45) is 0.444. The van der Waals surface area contributed by atoms with Gasteiger partial charge in [0, 0.05) is 6.07 Å². The molecule has 0 atom stereocenters. The van der Waals surface area contributed by atoms with Crippen molar-refractivity contribution in [3.8, 4) is 5.75 Å². The number of halogens is 2. The minimum atomic E-state index is -0.624. The molecule has 0 heterocycles. The third kappa shape index (κ3) is 2.91. The van der Waals surface area contributed by atoms with Crippen molar-refractivity contribution >= 4 is 6.29 Å². The minimum absolute atomic E-state index is 0.0101. The second kappa shape index (κ2) is 5.40. The van der Waals surface area contributed by atoms with Gasteiger partial charge in [0.2, 0.25) is 0 Å². The zero-order chi connectivity index (χ0) is 13.0. The van der Waals surface area contributed by atoms with E-state index < -0.39 is 5.82 Å². The molecule has 0 bridgehead atoms. The van der Waals surface area contributed by atoms with Crippen LogP contribution in [-0.2, 0) is 6.61 Å². The van der Waals surface area contributed by atoms with E-state index in [4.69, 9.17) is 4.74 Å². The fourth-order valence-electron chi connectivity index (χ4n) is 1.44. The lowest BCUT2D eigenvalue weighted by Gasteiger charge is -2.06. The van der Waals surface area contributed by atoms with E-state index in [1.165, 1.54) is 24.3 Å². The Bertz CT molecular complexity index is 550. The highest BCUT2D eigenvalue weighted by Crippen LogP contribution is 2.17. The molecule has 0 aromatic heterocycles. The van der Waals surface area contributed by atoms with E-state index in [9.17, 15) is 13.6 Å². The normalized spacial score (nSPS) is 10.1. The topological polar surface area (TPSA) is 26.3 Å². The van der Waals surface area contributed by atoms with E-state index in [0.29, 0.717) is 12.0 Å². The molecule has 0 amide bonds. The number of aldehydes is 1. The third-order valence-corrected chi connectivity index (χ3v) is 2.42. The molecule has 2 rings (SSSR count). The van der Waals surface area contributed by atoms with E-state index in [-0.39, 0.29) is 18.0 Å². The number of benzene rings is 2. The van der Waals surface area contributed by atoms with Gasteiger partial charge in [0.1, 0.15) is 24.0 Å². The number of hydrogen-bond donors (Lipinski definition) is 0. The summed E-state index contributed by atoms with van der Waals surface area (Å²) in [5.41, 5.74) is 0.764. The molecule has 0 aliphatic rings. The Hall–Kier alpha value is -2.23. The summed E-state index contributed by atoms with van der Waals surface area (Å²) in [5.74, 6) is -0.621. The van der Waals surface area contributed by atoms with E-state index in [2.05, 4.69) is 0 Å². The van der Waals surface area contributed by atoms with Gasteiger partial charge in [0.05, 0.1) is 5.56 Å². The van der Waals surface area contributed by atoms with E-state index in [1.807, 2.05) is 0 Å². The number of carbonyl (C=O) groups is 1. The molecule has 0 aliphatic heterocycles. The monoisotopic (exact) mass is 248 g/mol. The lowest BCUT2D eigenvalue weighted by molar-refractivity contribution is 0.111. The first-order valence-electron chi connectivity index (χ1n) is 5.31. The van der Waals surface area contributed by atoms with Crippen LogP contribution in [0.1, 0.15) is 15.9 Å². The van der Waals surface area contributed by atoms with Crippen LogP contribution in [0.15, 0.2) is 42.5 Å². The summed E-state index contributed by atoms with van der Waals surface area (Å²) >= 11 is 0. The quantitative estimate of drug-likeness (QED) is 0.775. The van der Waals surface area contributed by atoms with Crippen molar-refractivity contribution in [2.75, 3.05) is 0 Å². The molecule has 2 aromatic rings. The summed E-state index contributed by atoms with van der Waals surface area (Å²) in [4.78, 5) is 10.4. The van der Waals surface area contributed by atoms with Crippen LogP contribution >= 0.6 is 0 Å². The average molecular weight is 248 g/mol. The molecule has 2 aromatic carbocycles. The molecule has 4 heteroatoms. The van der Waals surface area contributed by atoms with Gasteiger partial charge in [0.25, 0.3) is 0 Å². The molecule has 0 fully saturated rings. The molecule has 0 radical (unpaired) electrons. The van der Waals surface area contributed by atoms with Crippen LogP contribution in [0.4, 0.5) is 8.78 Å². The molecule has 0 N–H and O–H groups in total. The standard InChI is InChI=1S/C14H10F2O2/c15-12-4-1-10(2-5-12)9-18-13-6-3-11(8-17)14(16)7-13/h1-8H,9H2. The Balaban J connectivity index is 2.04. The molecule has 2 nitrogen and oxygen atoms in total. The smallest absolute Gasteiger partial charge is 0.152 e. The Labute approximate surface area is 103 Å². The predicted octanol–water partition coefficient (Wildman–Crippen LogP) is 3.36. The van der Waals surface area contributed by atoms with Crippen molar-refractivity contribution in [1.29, 1.82) is 0 Å². The summed E-state index contributed by atoms with van der Waals surface area (Å²) in [6.45, 7) is 0.208. The van der Waals surface area contributed by atoms with Gasteiger partial charge in [0.15, 0.2) is 6.29 Å². The van der Waals surface area contributed by atoms with Gasteiger partial charge in [-0.2, -0.15) is 0 Å². The zero-order valence-electron chi connectivity index (χ0n) is 9.40. The van der Waals surface area contributed by atoms with Gasteiger partial charge in [-0.25, -0.2) is 8.78 Å². The van der Waals surface area contributed by atoms with Gasteiger partial charge >= 0.3 is 0 Å². The second-order valence-corrected chi connectivity index (χ2v) is 3.72. The van der Waals surface area contributed by atoms with Crippen molar-refractivity contribution in [3.05, 3.63) is 65.2 Å². The Morgan fingerprint density at radius 1 is 1.06 bits per heavy atom. The lowest BCUT2D eigenvalue weighted by atomic mass is 10.2. The van der Waals surface area contributed by atoms with Crippen molar-refractivity contribution < 1.29 is 18.3 Å². The van der Waals surface area contributed by atoms with Crippen LogP contribution in [0.25, 0.3) is 0 Å². The van der Waals surface area contributed by atoms with Crippen LogP contribution in [0, 0.1) is 11.6 Å². The highest BCUT2D eigenvalue weighted by atomic mass is 19.1. The van der Waals surface area contributed by atoms with Gasteiger partial charge in [-0.1, -0.05) is 12.1 Å². The molecular weight excluding hydrogens is 238 g/mol. The third-order valence-electron chi connectivity index (χ3n) is 2.42. The molecule has 0 saturated heterocycles. The zero-order valence-corrected chi connectivity index (χ0v) is 9.40. The van der Waals surface area contributed by atoms with Gasteiger partial charge in [-0.15, -0.1) is 0 Å². The first kappa shape index (κ1) is 12.2. The van der Waals surface area contributed by atoms with Crippen LogP contribution < -0.4 is 4.74 Å². The van der Waals surface area contributed by atoms with Gasteiger partial charge in [-0.3, -0.25) is 4.79 Å². The highest BCUT2D eigenvalue weighted by Gasteiger charge is 2.03. The predicted molar refractivity (Wildman–Crippen MR) is 62.5 cm³/mol. The number of hydrogen-bond acceptors (Lipinski definition) is 2. The fraction of sp³-hybridized carbons (Fsp3) is 0.0714. The molecule has 92 valence electrons. The van der Waals surface area contributed by atoms with Gasteiger partial charge in [-0.05, 0) is 29.8 Å². The Morgan fingerprint density at radius 2 is 1.78 bits per heavy atom. The maximum atomic E-state index is 13.3. The fourth-order valence-corrected chi connectivity index (χ4v) is 1.44. The Morgan fingerprint density at radius 3 is 2.39 bits per heavy atom. The maximum Gasteiger partial charge on any atom is 0.152 e. The minimum Gasteiger partial charge on any atom is -0.489 e. The number of carbonyl (C=O) groups excluding carboxylic acids is 1. The van der Waals surface area contributed by atoms with Crippen molar-refractivity contribution in [3.63, 3.8) is 0 Å². The average Bonchev–Trinajstić information content (AvgIpc) is 2.38. The molecule has 0 saturated carbocycles. The van der Waals surface area contributed by atoms with Gasteiger partial charge < -0.3 is 4.74 Å². The lowest BCUT2D eigenvalue weighted by Crippen LogP contribution is -1.97. The summed E-state index contributed by atoms with van der Waals surface area (Å²) in [7, 11) is 0. The molecule has 0 unspecified atom stereocenters. The largest absolute Gasteiger partial charge is 0.489 e. The SMILES string of the molecule is O=Cc1ccc(OCc2ccc(F)cc2)cc1F. The van der Waals surface area contributed by atoms with Crippen LogP contribution in [0.5, 0.6) is 5.75 Å². The molecule has 0 spiro atoms. The number of rotatable bonds is 4. The first-order valence-corrected chi connectivity index (χ1v) is 5.31. The van der Waals surface area contributed by atoms with Crippen molar-refractivity contribution in [1.82, 2.24) is 0 Å². The Kier molecular flexibility index (Phi) is 3.67. The van der Waals surface area contributed by atoms with Crippen LogP contribution in [-0.4, -0.2) is 6.29 Å². The molecule has 18 heavy (non-hydrogen) atoms. The maximum absolute atomic E-state index is 13.3. The van der Waals surface area contributed by atoms with Crippen LogP contribution in [0.2, 0.25) is 0 Å². The van der Waals surface area contributed by atoms with Crippen molar-refractivity contribution in [2.24, 2.45) is 0 Å².